The molecule has 3 aromatic rings. The number of amides is 1. The average Bonchev–Trinajstić information content (AvgIpc) is 3.50. The number of nitrogens with zero attached hydrogens (tertiary/aromatic N) is 4. The van der Waals surface area contributed by atoms with Crippen LogP contribution in [0.1, 0.15) is 24.0 Å². The highest BCUT2D eigenvalue weighted by molar-refractivity contribution is 7.91. The molecule has 7 nitrogen and oxygen atoms in total. The van der Waals surface area contributed by atoms with E-state index in [4.69, 9.17) is 4.98 Å². The molecule has 2 aliphatic heterocycles. The molecule has 5 rings (SSSR count). The third-order valence-electron chi connectivity index (χ3n) is 6.50. The highest BCUT2D eigenvalue weighted by atomic mass is 32.2. The molecule has 1 aromatic carbocycles. The molecule has 4 heterocycles. The number of fused-ring (bicyclic) bond motifs is 1. The van der Waals surface area contributed by atoms with Crippen LogP contribution in [0.15, 0.2) is 33.9 Å². The van der Waals surface area contributed by atoms with Crippen molar-refractivity contribution in [3.63, 3.8) is 0 Å². The van der Waals surface area contributed by atoms with E-state index in [-0.39, 0.29) is 18.4 Å². The van der Waals surface area contributed by atoms with Gasteiger partial charge in [0, 0.05) is 39.3 Å². The lowest BCUT2D eigenvalue weighted by molar-refractivity contribution is -0.137. The highest BCUT2D eigenvalue weighted by Crippen LogP contribution is 2.33. The normalized spacial score (nSPS) is 20.5. The van der Waals surface area contributed by atoms with Gasteiger partial charge in [0.1, 0.15) is 4.21 Å². The molecule has 2 saturated heterocycles. The highest BCUT2D eigenvalue weighted by Gasteiger charge is 2.36. The topological polar surface area (TPSA) is 73.8 Å². The molecule has 0 saturated carbocycles. The summed E-state index contributed by atoms with van der Waals surface area (Å²) in [5, 5.41) is 2.78. The number of carbonyl (C=O) groups excluding carboxylic acids is 1. The maximum atomic E-state index is 13.3. The minimum Gasteiger partial charge on any atom is -0.345 e. The molecule has 0 spiro atoms. The molecule has 1 atom stereocenters. The fourth-order valence-electron chi connectivity index (χ4n) is 4.77. The van der Waals surface area contributed by atoms with Gasteiger partial charge in [0.25, 0.3) is 10.0 Å². The molecule has 1 unspecified atom stereocenters. The first kappa shape index (κ1) is 22.8. The summed E-state index contributed by atoms with van der Waals surface area (Å²) in [4.78, 5) is 22.3. The van der Waals surface area contributed by atoms with Crippen molar-refractivity contribution in [2.45, 2.75) is 30.9 Å². The van der Waals surface area contributed by atoms with Crippen LogP contribution in [0, 0.1) is 19.8 Å². The summed E-state index contributed by atoms with van der Waals surface area (Å²) >= 11 is 2.94. The molecule has 0 bridgehead atoms. The molecular weight excluding hydrogens is 476 g/mol. The number of aromatic nitrogens is 1. The Morgan fingerprint density at radius 2 is 1.91 bits per heavy atom. The van der Waals surface area contributed by atoms with E-state index in [1.165, 1.54) is 31.5 Å². The average molecular weight is 505 g/mol. The summed E-state index contributed by atoms with van der Waals surface area (Å²) in [6.45, 7) is 7.73. The number of piperazine rings is 1. The fourth-order valence-corrected chi connectivity index (χ4v) is 8.63. The van der Waals surface area contributed by atoms with Crippen molar-refractivity contribution in [3.05, 3.63) is 40.8 Å². The molecule has 2 aliphatic rings. The zero-order valence-electron chi connectivity index (χ0n) is 18.9. The van der Waals surface area contributed by atoms with Gasteiger partial charge in [0.15, 0.2) is 5.13 Å². The molecule has 1 amide bonds. The second kappa shape index (κ2) is 8.98. The van der Waals surface area contributed by atoms with Crippen LogP contribution in [0.3, 0.4) is 0 Å². The predicted octanol–water partition coefficient (Wildman–Crippen LogP) is 3.72. The Labute approximate surface area is 202 Å². The van der Waals surface area contributed by atoms with Crippen LogP contribution in [0.4, 0.5) is 5.13 Å². The van der Waals surface area contributed by atoms with Gasteiger partial charge in [-0.3, -0.25) is 4.79 Å². The van der Waals surface area contributed by atoms with Gasteiger partial charge in [-0.05, 0) is 55.3 Å². The Kier molecular flexibility index (Phi) is 6.19. The SMILES string of the molecule is Cc1cc(C)c2nc(N3CCN(C(=O)C4CCCN(S(=O)(=O)c5cccs5)C4)CC3)sc2c1. The van der Waals surface area contributed by atoms with Crippen LogP contribution in [-0.2, 0) is 14.8 Å². The maximum absolute atomic E-state index is 13.3. The van der Waals surface area contributed by atoms with Gasteiger partial charge in [0.2, 0.25) is 5.91 Å². The zero-order chi connectivity index (χ0) is 23.2. The Balaban J connectivity index is 1.23. The molecule has 33 heavy (non-hydrogen) atoms. The summed E-state index contributed by atoms with van der Waals surface area (Å²) in [6.07, 6.45) is 1.46. The minimum atomic E-state index is -3.51. The number of anilines is 1. The van der Waals surface area contributed by atoms with Crippen LogP contribution in [0.25, 0.3) is 10.2 Å². The minimum absolute atomic E-state index is 0.0801. The van der Waals surface area contributed by atoms with Crippen molar-refractivity contribution in [3.8, 4) is 0 Å². The maximum Gasteiger partial charge on any atom is 0.252 e. The molecule has 2 aromatic heterocycles. The predicted molar refractivity (Wildman–Crippen MR) is 134 cm³/mol. The third-order valence-corrected chi connectivity index (χ3v) is 10.8. The Morgan fingerprint density at radius 3 is 2.64 bits per heavy atom. The number of aryl methyl sites for hydroxylation is 2. The van der Waals surface area contributed by atoms with E-state index in [0.29, 0.717) is 30.3 Å². The molecule has 0 radical (unpaired) electrons. The smallest absolute Gasteiger partial charge is 0.252 e. The summed E-state index contributed by atoms with van der Waals surface area (Å²) in [7, 11) is -3.51. The molecule has 176 valence electrons. The van der Waals surface area contributed by atoms with E-state index < -0.39 is 10.0 Å². The lowest BCUT2D eigenvalue weighted by Crippen LogP contribution is -2.53. The third kappa shape index (κ3) is 4.41. The summed E-state index contributed by atoms with van der Waals surface area (Å²) in [5.41, 5.74) is 3.50. The number of thiophene rings is 1. The Morgan fingerprint density at radius 1 is 1.12 bits per heavy atom. The zero-order valence-corrected chi connectivity index (χ0v) is 21.3. The van der Waals surface area contributed by atoms with Gasteiger partial charge in [-0.15, -0.1) is 11.3 Å². The summed E-state index contributed by atoms with van der Waals surface area (Å²) in [5.74, 6) is -0.190. The number of sulfonamides is 1. The van der Waals surface area contributed by atoms with E-state index in [1.807, 2.05) is 4.90 Å². The van der Waals surface area contributed by atoms with Crippen LogP contribution < -0.4 is 4.90 Å². The fraction of sp³-hybridized carbons (Fsp3) is 0.478. The van der Waals surface area contributed by atoms with Crippen molar-refractivity contribution in [2.24, 2.45) is 5.92 Å². The lowest BCUT2D eigenvalue weighted by atomic mass is 9.98. The van der Waals surface area contributed by atoms with E-state index in [0.717, 1.165) is 30.2 Å². The molecular formula is C23H28N4O3S3. The van der Waals surface area contributed by atoms with Gasteiger partial charge in [-0.1, -0.05) is 23.5 Å². The number of rotatable bonds is 4. The molecule has 2 fully saturated rings. The standard InChI is InChI=1S/C23H28N4O3S3/c1-16-13-17(2)21-19(14-16)32-23(24-21)26-10-8-25(9-11-26)22(28)18-5-3-7-27(15-18)33(29,30)20-6-4-12-31-20/h4,6,12-14,18H,3,5,7-11,15H2,1-2H3. The molecule has 0 aliphatic carbocycles. The second-order valence-corrected chi connectivity index (χ2v) is 13.0. The largest absolute Gasteiger partial charge is 0.345 e. The van der Waals surface area contributed by atoms with Crippen molar-refractivity contribution in [1.29, 1.82) is 0 Å². The first-order valence-electron chi connectivity index (χ1n) is 11.3. The molecule has 10 heteroatoms. The van der Waals surface area contributed by atoms with Crippen molar-refractivity contribution >= 4 is 54.0 Å². The lowest BCUT2D eigenvalue weighted by Gasteiger charge is -2.38. The van der Waals surface area contributed by atoms with Crippen molar-refractivity contribution in [2.75, 3.05) is 44.2 Å². The van der Waals surface area contributed by atoms with E-state index in [9.17, 15) is 13.2 Å². The summed E-state index contributed by atoms with van der Waals surface area (Å²) < 4.78 is 28.9. The first-order chi connectivity index (χ1) is 15.8. The Bertz CT molecular complexity index is 1260. The van der Waals surface area contributed by atoms with Crippen LogP contribution in [-0.4, -0.2) is 67.8 Å². The van der Waals surface area contributed by atoms with Crippen molar-refractivity contribution in [1.82, 2.24) is 14.2 Å². The van der Waals surface area contributed by atoms with Crippen LogP contribution in [0.2, 0.25) is 0 Å². The number of hydrogen-bond donors (Lipinski definition) is 0. The van der Waals surface area contributed by atoms with Crippen molar-refractivity contribution < 1.29 is 13.2 Å². The number of carbonyl (C=O) groups is 1. The van der Waals surface area contributed by atoms with Gasteiger partial charge in [0.05, 0.1) is 16.1 Å². The number of benzene rings is 1. The van der Waals surface area contributed by atoms with Crippen LogP contribution in [0.5, 0.6) is 0 Å². The number of hydrogen-bond acceptors (Lipinski definition) is 7. The second-order valence-electron chi connectivity index (χ2n) is 8.87. The molecule has 0 N–H and O–H groups in total. The van der Waals surface area contributed by atoms with E-state index >= 15 is 0 Å². The van der Waals surface area contributed by atoms with Crippen LogP contribution >= 0.6 is 22.7 Å². The summed E-state index contributed by atoms with van der Waals surface area (Å²) in [6, 6.07) is 7.73. The van der Waals surface area contributed by atoms with E-state index in [2.05, 4.69) is 30.9 Å². The van der Waals surface area contributed by atoms with Gasteiger partial charge >= 0.3 is 0 Å². The van der Waals surface area contributed by atoms with Gasteiger partial charge < -0.3 is 9.80 Å². The quantitative estimate of drug-likeness (QED) is 0.541. The van der Waals surface area contributed by atoms with Gasteiger partial charge in [-0.25, -0.2) is 13.4 Å². The first-order valence-corrected chi connectivity index (χ1v) is 14.4. The Hall–Kier alpha value is -2.01. The monoisotopic (exact) mass is 504 g/mol. The van der Waals surface area contributed by atoms with Gasteiger partial charge in [-0.2, -0.15) is 4.31 Å². The number of thiazole rings is 1. The van der Waals surface area contributed by atoms with E-state index in [1.54, 1.807) is 28.8 Å². The number of piperidine rings is 1.